The minimum absolute atomic E-state index is 0.0444. The highest BCUT2D eigenvalue weighted by atomic mass is 16.3. The summed E-state index contributed by atoms with van der Waals surface area (Å²) in [4.78, 5) is 14.3. The number of hydrogen-bond donors (Lipinski definition) is 1. The van der Waals surface area contributed by atoms with E-state index in [0.29, 0.717) is 18.5 Å². The quantitative estimate of drug-likeness (QED) is 0.673. The molecule has 0 saturated carbocycles. The molecule has 0 saturated heterocycles. The van der Waals surface area contributed by atoms with Crippen LogP contribution in [-0.2, 0) is 6.54 Å². The fourth-order valence-corrected chi connectivity index (χ4v) is 3.03. The average Bonchev–Trinajstić information content (AvgIpc) is 3.11. The molecule has 0 aliphatic rings. The van der Waals surface area contributed by atoms with Crippen molar-refractivity contribution >= 4 is 5.91 Å². The van der Waals surface area contributed by atoms with Gasteiger partial charge in [-0.15, -0.1) is 0 Å². The highest BCUT2D eigenvalue weighted by molar-refractivity contribution is 5.94. The van der Waals surface area contributed by atoms with E-state index in [9.17, 15) is 9.90 Å². The normalized spacial score (nSPS) is 12.0. The van der Waals surface area contributed by atoms with Crippen LogP contribution in [0, 0.1) is 6.92 Å². The smallest absolute Gasteiger partial charge is 0.254 e. The molecule has 0 radical (unpaired) electrons. The van der Waals surface area contributed by atoms with E-state index in [4.69, 9.17) is 4.42 Å². The summed E-state index contributed by atoms with van der Waals surface area (Å²) < 4.78 is 5.54. The maximum absolute atomic E-state index is 12.6. The van der Waals surface area contributed by atoms with Crippen LogP contribution in [0.25, 0.3) is 11.1 Å². The van der Waals surface area contributed by atoms with Gasteiger partial charge in [0.1, 0.15) is 11.5 Å². The second-order valence-electron chi connectivity index (χ2n) is 6.80. The molecule has 1 unspecified atom stereocenters. The summed E-state index contributed by atoms with van der Waals surface area (Å²) in [5, 5.41) is 9.90. The summed E-state index contributed by atoms with van der Waals surface area (Å²) in [7, 11) is 1.77. The molecule has 0 bridgehead atoms. The van der Waals surface area contributed by atoms with E-state index < -0.39 is 6.10 Å². The van der Waals surface area contributed by atoms with Gasteiger partial charge in [-0.2, -0.15) is 0 Å². The molecule has 0 fully saturated rings. The Morgan fingerprint density at radius 3 is 2.11 bits per heavy atom. The Bertz CT molecular complexity index is 894. The van der Waals surface area contributed by atoms with E-state index in [1.807, 2.05) is 74.5 Å². The summed E-state index contributed by atoms with van der Waals surface area (Å²) >= 11 is 0. The third kappa shape index (κ3) is 4.47. The number of aliphatic hydroxyl groups is 1. The maximum Gasteiger partial charge on any atom is 0.254 e. The van der Waals surface area contributed by atoms with Crippen LogP contribution in [0.15, 0.2) is 65.1 Å². The Labute approximate surface area is 160 Å². The van der Waals surface area contributed by atoms with Gasteiger partial charge in [-0.05, 0) is 54.3 Å². The molecule has 3 rings (SSSR count). The molecule has 3 aromatic rings. The molecular formula is C23H25NO3. The number of benzene rings is 2. The number of nitrogens with zero attached hydrogens (tertiary/aromatic N) is 1. The van der Waals surface area contributed by atoms with E-state index in [1.165, 1.54) is 0 Å². The largest absolute Gasteiger partial charge is 0.464 e. The molecule has 140 valence electrons. The van der Waals surface area contributed by atoms with Gasteiger partial charge >= 0.3 is 0 Å². The monoisotopic (exact) mass is 363 g/mol. The minimum Gasteiger partial charge on any atom is -0.464 e. The van der Waals surface area contributed by atoms with Crippen LogP contribution in [-0.4, -0.2) is 23.0 Å². The van der Waals surface area contributed by atoms with Crippen molar-refractivity contribution in [3.8, 4) is 11.1 Å². The number of carbonyl (C=O) groups is 1. The molecule has 2 aromatic carbocycles. The molecule has 1 heterocycles. The van der Waals surface area contributed by atoms with Gasteiger partial charge in [-0.1, -0.05) is 43.3 Å². The summed E-state index contributed by atoms with van der Waals surface area (Å²) in [5.74, 6) is 1.57. The predicted molar refractivity (Wildman–Crippen MR) is 106 cm³/mol. The molecule has 4 nitrogen and oxygen atoms in total. The molecular weight excluding hydrogens is 338 g/mol. The molecule has 1 amide bonds. The Morgan fingerprint density at radius 1 is 1.00 bits per heavy atom. The van der Waals surface area contributed by atoms with Gasteiger partial charge < -0.3 is 14.4 Å². The van der Waals surface area contributed by atoms with Gasteiger partial charge in [0.2, 0.25) is 0 Å². The number of amides is 1. The van der Waals surface area contributed by atoms with Crippen LogP contribution >= 0.6 is 0 Å². The molecule has 0 aliphatic heterocycles. The lowest BCUT2D eigenvalue weighted by molar-refractivity contribution is 0.0775. The zero-order valence-electron chi connectivity index (χ0n) is 16.0. The SMILES string of the molecule is CCC(O)c1ccc(-c2ccc(C(=O)N(C)Cc3ccc(C)o3)cc2)cc1. The highest BCUT2D eigenvalue weighted by Crippen LogP contribution is 2.24. The van der Waals surface area contributed by atoms with Crippen molar-refractivity contribution in [1.82, 2.24) is 4.90 Å². The van der Waals surface area contributed by atoms with Crippen LogP contribution in [0.1, 0.15) is 46.9 Å². The summed E-state index contributed by atoms with van der Waals surface area (Å²) in [6.45, 7) is 4.29. The van der Waals surface area contributed by atoms with Crippen LogP contribution < -0.4 is 0 Å². The van der Waals surface area contributed by atoms with Gasteiger partial charge in [0, 0.05) is 12.6 Å². The van der Waals surface area contributed by atoms with Crippen LogP contribution in [0.3, 0.4) is 0 Å². The standard InChI is InChI=1S/C23H25NO3/c1-4-22(25)19-10-6-17(7-11-19)18-8-12-20(13-9-18)23(26)24(3)15-21-14-5-16(2)27-21/h5-14,22,25H,4,15H2,1-3H3. The molecule has 4 heteroatoms. The number of furan rings is 1. The predicted octanol–water partition coefficient (Wildman–Crippen LogP) is 4.97. The van der Waals surface area contributed by atoms with Gasteiger partial charge in [0.15, 0.2) is 0 Å². The Kier molecular flexibility index (Phi) is 5.77. The van der Waals surface area contributed by atoms with Crippen molar-refractivity contribution in [3.05, 3.63) is 83.3 Å². The number of aliphatic hydroxyl groups excluding tert-OH is 1. The first-order chi connectivity index (χ1) is 13.0. The van der Waals surface area contributed by atoms with Gasteiger partial charge in [-0.25, -0.2) is 0 Å². The second-order valence-corrected chi connectivity index (χ2v) is 6.80. The van der Waals surface area contributed by atoms with Crippen LogP contribution in [0.4, 0.5) is 0 Å². The molecule has 1 N–H and O–H groups in total. The van der Waals surface area contributed by atoms with Crippen molar-refractivity contribution in [2.45, 2.75) is 32.9 Å². The topological polar surface area (TPSA) is 53.7 Å². The third-order valence-corrected chi connectivity index (χ3v) is 4.68. The van der Waals surface area contributed by atoms with Gasteiger partial charge in [0.05, 0.1) is 12.6 Å². The highest BCUT2D eigenvalue weighted by Gasteiger charge is 2.14. The number of aryl methyl sites for hydroxylation is 1. The first kappa shape index (κ1) is 18.9. The Morgan fingerprint density at radius 2 is 1.59 bits per heavy atom. The summed E-state index contributed by atoms with van der Waals surface area (Å²) in [6.07, 6.45) is 0.272. The average molecular weight is 363 g/mol. The van der Waals surface area contributed by atoms with Crippen molar-refractivity contribution in [3.63, 3.8) is 0 Å². The van der Waals surface area contributed by atoms with Crippen molar-refractivity contribution in [1.29, 1.82) is 0 Å². The fraction of sp³-hybridized carbons (Fsp3) is 0.261. The van der Waals surface area contributed by atoms with Gasteiger partial charge in [0.25, 0.3) is 5.91 Å². The Hall–Kier alpha value is -2.85. The molecule has 0 spiro atoms. The van der Waals surface area contributed by atoms with Crippen molar-refractivity contribution in [2.24, 2.45) is 0 Å². The van der Waals surface area contributed by atoms with E-state index in [-0.39, 0.29) is 5.91 Å². The number of rotatable bonds is 6. The van der Waals surface area contributed by atoms with E-state index in [2.05, 4.69) is 0 Å². The first-order valence-corrected chi connectivity index (χ1v) is 9.17. The lowest BCUT2D eigenvalue weighted by atomic mass is 10.00. The van der Waals surface area contributed by atoms with Crippen molar-refractivity contribution in [2.75, 3.05) is 7.05 Å². The number of carbonyl (C=O) groups excluding carboxylic acids is 1. The Balaban J connectivity index is 1.69. The van der Waals surface area contributed by atoms with E-state index >= 15 is 0 Å². The maximum atomic E-state index is 12.6. The third-order valence-electron chi connectivity index (χ3n) is 4.68. The minimum atomic E-state index is -0.424. The molecule has 1 atom stereocenters. The van der Waals surface area contributed by atoms with Crippen LogP contribution in [0.5, 0.6) is 0 Å². The molecule has 1 aromatic heterocycles. The van der Waals surface area contributed by atoms with Gasteiger partial charge in [-0.3, -0.25) is 4.79 Å². The molecule has 27 heavy (non-hydrogen) atoms. The zero-order chi connectivity index (χ0) is 19.4. The fourth-order valence-electron chi connectivity index (χ4n) is 3.03. The summed E-state index contributed by atoms with van der Waals surface area (Å²) in [5.41, 5.74) is 3.65. The lowest BCUT2D eigenvalue weighted by Gasteiger charge is -2.16. The molecule has 0 aliphatic carbocycles. The van der Waals surface area contributed by atoms with E-state index in [1.54, 1.807) is 11.9 Å². The van der Waals surface area contributed by atoms with Crippen LogP contribution in [0.2, 0.25) is 0 Å². The van der Waals surface area contributed by atoms with Crippen molar-refractivity contribution < 1.29 is 14.3 Å². The zero-order valence-corrected chi connectivity index (χ0v) is 16.0. The number of hydrogen-bond acceptors (Lipinski definition) is 3. The summed E-state index contributed by atoms with van der Waals surface area (Å²) in [6, 6.07) is 19.3. The second kappa shape index (κ2) is 8.23. The lowest BCUT2D eigenvalue weighted by Crippen LogP contribution is -2.25. The first-order valence-electron chi connectivity index (χ1n) is 9.17. The van der Waals surface area contributed by atoms with E-state index in [0.717, 1.165) is 28.2 Å².